The van der Waals surface area contributed by atoms with E-state index in [0.717, 1.165) is 55.8 Å². The minimum atomic E-state index is -0.197. The lowest BCUT2D eigenvalue weighted by Gasteiger charge is -2.56. The van der Waals surface area contributed by atoms with E-state index in [1.54, 1.807) is 13.3 Å². The van der Waals surface area contributed by atoms with Gasteiger partial charge in [0.05, 0.1) is 36.7 Å². The number of pyridine rings is 2. The molecule has 2 unspecified atom stereocenters. The monoisotopic (exact) mass is 575 g/mol. The lowest BCUT2D eigenvalue weighted by molar-refractivity contribution is 0.0113. The van der Waals surface area contributed by atoms with E-state index in [4.69, 9.17) is 26.1 Å². The van der Waals surface area contributed by atoms with Crippen molar-refractivity contribution in [3.05, 3.63) is 64.9 Å². The maximum Gasteiger partial charge on any atom is 0.273 e. The highest BCUT2D eigenvalue weighted by molar-refractivity contribution is 6.34. The fourth-order valence-corrected chi connectivity index (χ4v) is 7.36. The second-order valence-corrected chi connectivity index (χ2v) is 11.8. The summed E-state index contributed by atoms with van der Waals surface area (Å²) in [4.78, 5) is 30.4. The molecule has 0 radical (unpaired) electrons. The van der Waals surface area contributed by atoms with Crippen molar-refractivity contribution in [1.82, 2.24) is 19.8 Å². The molecule has 0 bridgehead atoms. The topological polar surface area (TPSA) is 71.0 Å². The van der Waals surface area contributed by atoms with E-state index < -0.39 is 0 Å². The predicted octanol–water partition coefficient (Wildman–Crippen LogP) is 5.15. The molecule has 1 amide bonds. The number of hydrogen-bond acceptors (Lipinski definition) is 7. The van der Waals surface area contributed by atoms with Gasteiger partial charge in [-0.25, -0.2) is 9.97 Å². The fourth-order valence-electron chi connectivity index (χ4n) is 7.04. The lowest BCUT2D eigenvalue weighted by Crippen LogP contribution is -2.66. The third-order valence-electron chi connectivity index (χ3n) is 9.21. The van der Waals surface area contributed by atoms with Crippen LogP contribution >= 0.6 is 11.6 Å². The van der Waals surface area contributed by atoms with Crippen LogP contribution in [0.5, 0.6) is 11.6 Å². The number of nitrogens with zero attached hydrogens (tertiary/aromatic N) is 5. The number of fused-ring (bicyclic) bond motifs is 2. The zero-order valence-electron chi connectivity index (χ0n) is 24.3. The van der Waals surface area contributed by atoms with Gasteiger partial charge in [-0.1, -0.05) is 37.1 Å². The Balaban J connectivity index is 1.42. The number of carbonyl (C=O) groups excluding carboxylic acids is 1. The maximum absolute atomic E-state index is 14.1. The number of halogens is 1. The Kier molecular flexibility index (Phi) is 7.55. The van der Waals surface area contributed by atoms with Gasteiger partial charge in [-0.2, -0.15) is 0 Å². The first kappa shape index (κ1) is 27.8. The van der Waals surface area contributed by atoms with Crippen molar-refractivity contribution in [1.29, 1.82) is 0 Å². The van der Waals surface area contributed by atoms with E-state index in [0.29, 0.717) is 47.1 Å². The van der Waals surface area contributed by atoms with Crippen LogP contribution in [-0.4, -0.2) is 85.2 Å². The molecule has 1 aromatic carbocycles. The number of hydrogen-bond donors (Lipinski definition) is 0. The highest BCUT2D eigenvalue weighted by Crippen LogP contribution is 2.49. The number of likely N-dealkylation sites (tertiary alicyclic amines) is 1. The molecule has 3 aromatic rings. The van der Waals surface area contributed by atoms with Gasteiger partial charge in [-0.3, -0.25) is 4.79 Å². The van der Waals surface area contributed by atoms with Gasteiger partial charge in [0, 0.05) is 44.3 Å². The molecule has 2 atom stereocenters. The van der Waals surface area contributed by atoms with Crippen LogP contribution in [0.3, 0.4) is 0 Å². The molecular formula is C32H38ClN5O3. The molecule has 2 aromatic heterocycles. The first-order valence-electron chi connectivity index (χ1n) is 14.6. The fraction of sp³-hybridized carbons (Fsp3) is 0.469. The maximum atomic E-state index is 14.1. The quantitative estimate of drug-likeness (QED) is 0.386. The van der Waals surface area contributed by atoms with Gasteiger partial charge in [-0.05, 0) is 62.2 Å². The molecule has 3 aliphatic heterocycles. The Morgan fingerprint density at radius 1 is 1.10 bits per heavy atom. The zero-order valence-corrected chi connectivity index (χ0v) is 25.0. The van der Waals surface area contributed by atoms with Crippen LogP contribution < -0.4 is 14.4 Å². The SMILES string of the molecule is CCOc1ncccc1-c1ccc2c(n1)C(=O)N(C1CN(C)C1)CC21CCN(c2cccc(OC)c2Cl)CC1CC. The highest BCUT2D eigenvalue weighted by atomic mass is 35.5. The first-order valence-corrected chi connectivity index (χ1v) is 14.9. The predicted molar refractivity (Wildman–Crippen MR) is 161 cm³/mol. The Morgan fingerprint density at radius 3 is 2.66 bits per heavy atom. The number of likely N-dealkylation sites (N-methyl/N-ethyl adjacent to an activating group) is 1. The summed E-state index contributed by atoms with van der Waals surface area (Å²) < 4.78 is 11.3. The summed E-state index contributed by atoms with van der Waals surface area (Å²) in [6, 6.07) is 14.2. The van der Waals surface area contributed by atoms with Crippen LogP contribution in [0.1, 0.15) is 42.7 Å². The molecule has 216 valence electrons. The second-order valence-electron chi connectivity index (χ2n) is 11.4. The average Bonchev–Trinajstić information content (AvgIpc) is 2.98. The standard InChI is InChI=1S/C32H38ClN5O3/c1-5-21-17-37(26-10-7-11-27(40-4)28(26)33)16-14-32(21)20-38(22-18-36(3)19-22)31(39)29-24(32)12-13-25(35-29)23-9-8-15-34-30(23)41-6-2/h7-13,15,21-22H,5-6,14,16-20H2,1-4H3. The van der Waals surface area contributed by atoms with E-state index >= 15 is 0 Å². The Bertz CT molecular complexity index is 1440. The van der Waals surface area contributed by atoms with Gasteiger partial charge >= 0.3 is 0 Å². The van der Waals surface area contributed by atoms with Crippen molar-refractivity contribution in [2.45, 2.75) is 38.1 Å². The molecule has 2 fully saturated rings. The molecule has 2 saturated heterocycles. The van der Waals surface area contributed by atoms with Crippen molar-refractivity contribution in [3.63, 3.8) is 0 Å². The number of rotatable bonds is 7. The van der Waals surface area contributed by atoms with Gasteiger partial charge in [0.2, 0.25) is 5.88 Å². The van der Waals surface area contributed by atoms with Crippen LogP contribution in [0.15, 0.2) is 48.7 Å². The summed E-state index contributed by atoms with van der Waals surface area (Å²) in [5, 5.41) is 0.645. The zero-order chi connectivity index (χ0) is 28.7. The van der Waals surface area contributed by atoms with Gasteiger partial charge in [0.1, 0.15) is 16.5 Å². The van der Waals surface area contributed by atoms with E-state index in [2.05, 4.69) is 45.8 Å². The molecule has 3 aliphatic rings. The molecule has 6 rings (SSSR count). The normalized spacial score (nSPS) is 23.0. The van der Waals surface area contributed by atoms with E-state index in [1.807, 2.05) is 37.3 Å². The minimum Gasteiger partial charge on any atom is -0.495 e. The van der Waals surface area contributed by atoms with Crippen LogP contribution in [-0.2, 0) is 5.41 Å². The second kappa shape index (κ2) is 11.1. The summed E-state index contributed by atoms with van der Waals surface area (Å²) in [5.74, 6) is 1.55. The number of amides is 1. The highest BCUT2D eigenvalue weighted by Gasteiger charge is 2.52. The molecule has 0 N–H and O–H groups in total. The van der Waals surface area contributed by atoms with Crippen molar-refractivity contribution in [3.8, 4) is 22.9 Å². The Morgan fingerprint density at radius 2 is 1.93 bits per heavy atom. The molecular weight excluding hydrogens is 538 g/mol. The van der Waals surface area contributed by atoms with Gasteiger partial charge in [-0.15, -0.1) is 0 Å². The third kappa shape index (κ3) is 4.71. The number of aromatic nitrogens is 2. The summed E-state index contributed by atoms with van der Waals surface area (Å²) in [6.07, 6.45) is 3.59. The number of methoxy groups -OCH3 is 1. The molecule has 1 spiro atoms. The van der Waals surface area contributed by atoms with Gasteiger partial charge in [0.25, 0.3) is 5.91 Å². The number of benzene rings is 1. The number of carbonyl (C=O) groups is 1. The molecule has 8 nitrogen and oxygen atoms in total. The molecule has 0 aliphatic carbocycles. The van der Waals surface area contributed by atoms with E-state index in [-0.39, 0.29) is 17.4 Å². The summed E-state index contributed by atoms with van der Waals surface area (Å²) >= 11 is 6.78. The number of piperidine rings is 1. The first-order chi connectivity index (χ1) is 19.9. The Labute approximate surface area is 247 Å². The van der Waals surface area contributed by atoms with Crippen LogP contribution in [0.25, 0.3) is 11.3 Å². The summed E-state index contributed by atoms with van der Waals surface area (Å²) in [6.45, 7) is 8.86. The number of anilines is 1. The molecule has 41 heavy (non-hydrogen) atoms. The van der Waals surface area contributed by atoms with E-state index in [9.17, 15) is 4.79 Å². The lowest BCUT2D eigenvalue weighted by atomic mass is 9.62. The van der Waals surface area contributed by atoms with Crippen LogP contribution in [0, 0.1) is 5.92 Å². The van der Waals surface area contributed by atoms with Crippen LogP contribution in [0.2, 0.25) is 5.02 Å². The van der Waals surface area contributed by atoms with E-state index in [1.165, 1.54) is 0 Å². The summed E-state index contributed by atoms with van der Waals surface area (Å²) in [7, 11) is 3.76. The molecule has 5 heterocycles. The van der Waals surface area contributed by atoms with Gasteiger partial charge < -0.3 is 24.2 Å². The summed E-state index contributed by atoms with van der Waals surface area (Å²) in [5.41, 5.74) is 3.95. The van der Waals surface area contributed by atoms with Crippen molar-refractivity contribution in [2.24, 2.45) is 5.92 Å². The smallest absolute Gasteiger partial charge is 0.273 e. The van der Waals surface area contributed by atoms with Gasteiger partial charge in [0.15, 0.2) is 0 Å². The number of ether oxygens (including phenoxy) is 2. The van der Waals surface area contributed by atoms with Crippen molar-refractivity contribution in [2.75, 3.05) is 58.4 Å². The van der Waals surface area contributed by atoms with Crippen molar-refractivity contribution >= 4 is 23.2 Å². The van der Waals surface area contributed by atoms with Crippen LogP contribution in [0.4, 0.5) is 5.69 Å². The molecule has 9 heteroatoms. The largest absolute Gasteiger partial charge is 0.495 e. The average molecular weight is 576 g/mol. The minimum absolute atomic E-state index is 0.0283. The molecule has 0 saturated carbocycles. The Hall–Kier alpha value is -3.36. The third-order valence-corrected chi connectivity index (χ3v) is 9.59. The van der Waals surface area contributed by atoms with Crippen molar-refractivity contribution < 1.29 is 14.3 Å².